The van der Waals surface area contributed by atoms with E-state index in [2.05, 4.69) is 5.32 Å². The number of fused-ring (bicyclic) bond motifs is 1. The number of sulfone groups is 1. The zero-order valence-electron chi connectivity index (χ0n) is 19.2. The predicted molar refractivity (Wildman–Crippen MR) is 142 cm³/mol. The minimum atomic E-state index is -3.66. The molecule has 1 heterocycles. The van der Waals surface area contributed by atoms with Gasteiger partial charge in [0.1, 0.15) is 17.2 Å². The largest absolute Gasteiger partial charge is 0.496 e. The van der Waals surface area contributed by atoms with Gasteiger partial charge in [-0.1, -0.05) is 41.0 Å². The van der Waals surface area contributed by atoms with Gasteiger partial charge in [0.2, 0.25) is 0 Å². The number of nitrogens with one attached hydrogen (secondary N) is 1. The Morgan fingerprint density at radius 1 is 0.971 bits per heavy atom. The van der Waals surface area contributed by atoms with Crippen LogP contribution in [-0.4, -0.2) is 36.3 Å². The first-order valence-electron chi connectivity index (χ1n) is 10.5. The Kier molecular flexibility index (Phi) is 7.76. The summed E-state index contributed by atoms with van der Waals surface area (Å²) in [7, 11) is 1.11. The van der Waals surface area contributed by atoms with Gasteiger partial charge in [-0.05, 0) is 36.4 Å². The molecule has 4 rings (SSSR count). The Bertz CT molecular complexity index is 1360. The van der Waals surface area contributed by atoms with E-state index in [4.69, 9.17) is 37.4 Å². The summed E-state index contributed by atoms with van der Waals surface area (Å²) < 4.78 is 42.6. The van der Waals surface area contributed by atoms with Gasteiger partial charge in [-0.2, -0.15) is 0 Å². The number of benzene rings is 3. The molecule has 1 aliphatic rings. The molecule has 1 aliphatic heterocycles. The second kappa shape index (κ2) is 10.6. The van der Waals surface area contributed by atoms with Crippen LogP contribution in [0, 0.1) is 0 Å². The van der Waals surface area contributed by atoms with E-state index in [9.17, 15) is 8.42 Å². The second-order valence-electron chi connectivity index (χ2n) is 7.63. The standard InChI is InChI=1S/C25H23Cl2NO5S2/c1-31-15-9-23(32-2)18(24(10-15)33-3)11-16-13-28-22-12-17(7-8-25(22)34-16)35(29,30)14-19-20(26)5-4-6-21(19)27/h4-12,28H,13-14H2,1-3H3. The van der Waals surface area contributed by atoms with Gasteiger partial charge < -0.3 is 19.5 Å². The van der Waals surface area contributed by atoms with E-state index < -0.39 is 9.84 Å². The van der Waals surface area contributed by atoms with Gasteiger partial charge >= 0.3 is 0 Å². The number of hydrogen-bond donors (Lipinski definition) is 1. The van der Waals surface area contributed by atoms with Crippen molar-refractivity contribution in [3.05, 3.63) is 74.6 Å². The third kappa shape index (κ3) is 5.51. The molecule has 0 atom stereocenters. The van der Waals surface area contributed by atoms with Crippen molar-refractivity contribution in [1.82, 2.24) is 0 Å². The first-order chi connectivity index (χ1) is 16.7. The molecule has 0 saturated heterocycles. The molecule has 3 aromatic rings. The maximum Gasteiger partial charge on any atom is 0.182 e. The van der Waals surface area contributed by atoms with Crippen molar-refractivity contribution in [3.63, 3.8) is 0 Å². The Labute approximate surface area is 219 Å². The third-order valence-electron chi connectivity index (χ3n) is 5.46. The molecule has 0 unspecified atom stereocenters. The van der Waals surface area contributed by atoms with E-state index in [1.165, 1.54) is 0 Å². The molecular formula is C25H23Cl2NO5S2. The molecule has 0 fully saturated rings. The molecule has 0 spiro atoms. The average molecular weight is 553 g/mol. The minimum Gasteiger partial charge on any atom is -0.496 e. The number of thioether (sulfide) groups is 1. The quantitative estimate of drug-likeness (QED) is 0.356. The lowest BCUT2D eigenvalue weighted by molar-refractivity contribution is 0.374. The molecule has 184 valence electrons. The predicted octanol–water partition coefficient (Wildman–Crippen LogP) is 6.55. The Morgan fingerprint density at radius 2 is 1.63 bits per heavy atom. The summed E-state index contributed by atoms with van der Waals surface area (Å²) in [4.78, 5) is 2.12. The van der Waals surface area contributed by atoms with Crippen molar-refractivity contribution in [2.45, 2.75) is 15.5 Å². The van der Waals surface area contributed by atoms with Crippen LogP contribution < -0.4 is 19.5 Å². The maximum atomic E-state index is 13.1. The Morgan fingerprint density at radius 3 is 2.23 bits per heavy atom. The van der Waals surface area contributed by atoms with Gasteiger partial charge in [-0.25, -0.2) is 8.42 Å². The molecule has 10 heteroatoms. The Hall–Kier alpha value is -2.52. The number of ether oxygens (including phenoxy) is 3. The van der Waals surface area contributed by atoms with Gasteiger partial charge in [0.05, 0.1) is 37.5 Å². The number of methoxy groups -OCH3 is 3. The van der Waals surface area contributed by atoms with E-state index in [1.54, 1.807) is 81.6 Å². The summed E-state index contributed by atoms with van der Waals surface area (Å²) in [5.41, 5.74) is 1.93. The van der Waals surface area contributed by atoms with Gasteiger partial charge in [-0.3, -0.25) is 0 Å². The summed E-state index contributed by atoms with van der Waals surface area (Å²) in [6, 6.07) is 13.6. The fraction of sp³-hybridized carbons (Fsp3) is 0.200. The van der Waals surface area contributed by atoms with Gasteiger partial charge in [0.15, 0.2) is 9.84 Å². The molecule has 1 N–H and O–H groups in total. The maximum absolute atomic E-state index is 13.1. The highest BCUT2D eigenvalue weighted by Gasteiger charge is 2.23. The first kappa shape index (κ1) is 25.6. The summed E-state index contributed by atoms with van der Waals surface area (Å²) in [5, 5.41) is 3.97. The molecule has 3 aromatic carbocycles. The molecule has 0 amide bonds. The number of hydrogen-bond acceptors (Lipinski definition) is 7. The smallest absolute Gasteiger partial charge is 0.182 e. The zero-order chi connectivity index (χ0) is 25.2. The van der Waals surface area contributed by atoms with Crippen molar-refractivity contribution in [2.24, 2.45) is 0 Å². The van der Waals surface area contributed by atoms with Crippen LogP contribution in [0.5, 0.6) is 17.2 Å². The van der Waals surface area contributed by atoms with E-state index in [-0.39, 0.29) is 10.6 Å². The van der Waals surface area contributed by atoms with Crippen LogP contribution in [0.3, 0.4) is 0 Å². The zero-order valence-corrected chi connectivity index (χ0v) is 22.4. The average Bonchev–Trinajstić information content (AvgIpc) is 2.86. The minimum absolute atomic E-state index is 0.200. The summed E-state index contributed by atoms with van der Waals surface area (Å²) in [6.07, 6.45) is 1.99. The molecule has 0 radical (unpaired) electrons. The van der Waals surface area contributed by atoms with Crippen LogP contribution in [0.4, 0.5) is 5.69 Å². The Balaban J connectivity index is 1.61. The van der Waals surface area contributed by atoms with Gasteiger partial charge in [-0.15, -0.1) is 0 Å². The van der Waals surface area contributed by atoms with E-state index >= 15 is 0 Å². The topological polar surface area (TPSA) is 73.9 Å². The normalized spacial score (nSPS) is 14.3. The SMILES string of the molecule is COc1cc(OC)c(C=C2CNc3cc(S(=O)(=O)Cc4c(Cl)cccc4Cl)ccc3S2)c(OC)c1. The summed E-state index contributed by atoms with van der Waals surface area (Å²) in [6.45, 7) is 0.510. The van der Waals surface area contributed by atoms with Crippen LogP contribution >= 0.6 is 35.0 Å². The van der Waals surface area contributed by atoms with Crippen LogP contribution in [0.1, 0.15) is 11.1 Å². The lowest BCUT2D eigenvalue weighted by Crippen LogP contribution is -2.11. The lowest BCUT2D eigenvalue weighted by atomic mass is 10.1. The van der Waals surface area contributed by atoms with Gasteiger partial charge in [0.25, 0.3) is 0 Å². The van der Waals surface area contributed by atoms with E-state index in [0.29, 0.717) is 39.4 Å². The molecule has 0 aromatic heterocycles. The number of anilines is 1. The fourth-order valence-electron chi connectivity index (χ4n) is 3.65. The van der Waals surface area contributed by atoms with Crippen molar-refractivity contribution >= 4 is 56.6 Å². The molecule has 6 nitrogen and oxygen atoms in total. The highest BCUT2D eigenvalue weighted by atomic mass is 35.5. The molecule has 0 saturated carbocycles. The van der Waals surface area contributed by atoms with Crippen LogP contribution in [0.15, 0.2) is 63.2 Å². The summed E-state index contributed by atoms with van der Waals surface area (Å²) >= 11 is 13.9. The third-order valence-corrected chi connectivity index (χ3v) is 8.91. The van der Waals surface area contributed by atoms with Crippen LogP contribution in [-0.2, 0) is 15.6 Å². The van der Waals surface area contributed by atoms with E-state index in [1.807, 2.05) is 6.08 Å². The number of rotatable bonds is 7. The van der Waals surface area contributed by atoms with Crippen LogP contribution in [0.2, 0.25) is 10.0 Å². The van der Waals surface area contributed by atoms with Crippen molar-refractivity contribution in [3.8, 4) is 17.2 Å². The van der Waals surface area contributed by atoms with Crippen molar-refractivity contribution in [1.29, 1.82) is 0 Å². The van der Waals surface area contributed by atoms with Crippen molar-refractivity contribution < 1.29 is 22.6 Å². The van der Waals surface area contributed by atoms with E-state index in [0.717, 1.165) is 21.1 Å². The molecule has 0 aliphatic carbocycles. The monoisotopic (exact) mass is 551 g/mol. The summed E-state index contributed by atoms with van der Waals surface area (Å²) in [5.74, 6) is 1.60. The highest BCUT2D eigenvalue weighted by Crippen LogP contribution is 2.42. The first-order valence-corrected chi connectivity index (χ1v) is 13.7. The van der Waals surface area contributed by atoms with Crippen molar-refractivity contribution in [2.75, 3.05) is 33.2 Å². The van der Waals surface area contributed by atoms with Gasteiger partial charge in [0, 0.05) is 49.8 Å². The lowest BCUT2D eigenvalue weighted by Gasteiger charge is -2.22. The fourth-order valence-corrected chi connectivity index (χ4v) is 6.75. The second-order valence-corrected chi connectivity index (χ2v) is 11.6. The van der Waals surface area contributed by atoms with Crippen LogP contribution in [0.25, 0.3) is 6.08 Å². The molecule has 0 bridgehead atoms. The molecular weight excluding hydrogens is 529 g/mol. The molecule has 35 heavy (non-hydrogen) atoms. The highest BCUT2D eigenvalue weighted by molar-refractivity contribution is 8.03. The number of halogens is 2.